The highest BCUT2D eigenvalue weighted by atomic mass is 28.4. The van der Waals surface area contributed by atoms with Crippen molar-refractivity contribution in [1.29, 1.82) is 0 Å². The Labute approximate surface area is 786 Å². The highest BCUT2D eigenvalue weighted by molar-refractivity contribution is 6.70. The van der Waals surface area contributed by atoms with Gasteiger partial charge < -0.3 is 85.0 Å². The van der Waals surface area contributed by atoms with E-state index in [-0.39, 0.29) is 52.4 Å². The monoisotopic (exact) mass is 1830 g/mol. The van der Waals surface area contributed by atoms with Crippen LogP contribution in [0.3, 0.4) is 0 Å². The summed E-state index contributed by atoms with van der Waals surface area (Å²) in [6.07, 6.45) is -10.5. The first kappa shape index (κ1) is 98.5. The number of hydrogen-bond donors (Lipinski definition) is 0. The van der Waals surface area contributed by atoms with Crippen LogP contribution in [-0.4, -0.2) is 152 Å². The second kappa shape index (κ2) is 51.8. The molecule has 22 nitrogen and oxygen atoms in total. The third-order valence-electron chi connectivity index (χ3n) is 22.6. The lowest BCUT2D eigenvalue weighted by atomic mass is 9.91. The third-order valence-corrected chi connectivity index (χ3v) is 23.6. The molecular formula is C111H119O22Si+. The lowest BCUT2D eigenvalue weighted by molar-refractivity contribution is -0.304. The van der Waals surface area contributed by atoms with Crippen LogP contribution < -0.4 is 0 Å². The fourth-order valence-electron chi connectivity index (χ4n) is 15.9. The average molecular weight is 1830 g/mol. The summed E-state index contributed by atoms with van der Waals surface area (Å²) < 4.78 is 120. The molecule has 0 amide bonds. The summed E-state index contributed by atoms with van der Waals surface area (Å²) in [5.41, 5.74) is 11.9. The fraction of sp³-hybridized carbons (Fsp3) is 0.315. The van der Waals surface area contributed by atoms with E-state index >= 15 is 0 Å². The van der Waals surface area contributed by atoms with Gasteiger partial charge in [-0.1, -0.05) is 364 Å². The Morgan fingerprint density at radius 2 is 0.590 bits per heavy atom. The number of rotatable bonds is 44. The van der Waals surface area contributed by atoms with Crippen LogP contribution in [0.4, 0.5) is 0 Å². The van der Waals surface area contributed by atoms with Gasteiger partial charge in [0.05, 0.1) is 113 Å². The summed E-state index contributed by atoms with van der Waals surface area (Å²) in [5.74, 6) is -3.03. The van der Waals surface area contributed by atoms with Crippen LogP contribution in [0.25, 0.3) is 0 Å². The molecule has 4 fully saturated rings. The van der Waals surface area contributed by atoms with E-state index in [4.69, 9.17) is 89.7 Å². The predicted molar refractivity (Wildman–Crippen MR) is 506 cm³/mol. The molecule has 4 aliphatic rings. The summed E-state index contributed by atoms with van der Waals surface area (Å²) in [5, 5.41) is 0. The average Bonchev–Trinajstić information content (AvgIpc) is 1.54. The van der Waals surface area contributed by atoms with Gasteiger partial charge in [-0.15, -0.1) is 0 Å². The lowest BCUT2D eigenvalue weighted by Crippen LogP contribution is -2.64. The van der Waals surface area contributed by atoms with Gasteiger partial charge in [0.25, 0.3) is 6.10 Å². The van der Waals surface area contributed by atoms with Gasteiger partial charge in [0, 0.05) is 0 Å². The molecule has 12 aromatic rings. The van der Waals surface area contributed by atoms with Gasteiger partial charge in [-0.3, -0.25) is 0 Å². The zero-order valence-corrected chi connectivity index (χ0v) is 77.3. The summed E-state index contributed by atoms with van der Waals surface area (Å²) in [6, 6.07) is 119. The van der Waals surface area contributed by atoms with E-state index in [2.05, 4.69) is 0 Å². The number of hydrogen-bond acceptors (Lipinski definition) is 22. The largest absolute Gasteiger partial charge is 0.467 e. The van der Waals surface area contributed by atoms with E-state index < -0.39 is 117 Å². The molecule has 15 atom stereocenters. The second-order valence-electron chi connectivity index (χ2n) is 33.8. The molecule has 0 aromatic heterocycles. The van der Waals surface area contributed by atoms with Crippen LogP contribution in [-0.2, 0) is 183 Å². The van der Waals surface area contributed by atoms with Crippen LogP contribution in [0, 0.1) is 6.10 Å². The number of ether oxygens (including phenoxy) is 18. The van der Waals surface area contributed by atoms with Gasteiger partial charge in [-0.05, 0) is 86.4 Å². The third kappa shape index (κ3) is 29.7. The highest BCUT2D eigenvalue weighted by Crippen LogP contribution is 2.51. The molecule has 23 heteroatoms. The Balaban J connectivity index is 0.000000162. The Bertz CT molecular complexity index is 5330. The molecule has 0 N–H and O–H groups in total. The van der Waals surface area contributed by atoms with Gasteiger partial charge in [-0.25, -0.2) is 14.4 Å². The van der Waals surface area contributed by atoms with Crippen LogP contribution in [0.5, 0.6) is 0 Å². The van der Waals surface area contributed by atoms with Crippen molar-refractivity contribution in [3.63, 3.8) is 0 Å². The zero-order chi connectivity index (χ0) is 92.8. The van der Waals surface area contributed by atoms with E-state index in [1.54, 1.807) is 0 Å². The minimum absolute atomic E-state index is 0.162. The second-order valence-corrected chi connectivity index (χ2v) is 38.2. The molecule has 12 aromatic carbocycles. The highest BCUT2D eigenvalue weighted by Gasteiger charge is 2.75. The first-order valence-corrected chi connectivity index (χ1v) is 48.8. The minimum Gasteiger partial charge on any atom is -0.467 e. The lowest BCUT2D eigenvalue weighted by Gasteiger charge is -2.45. The Morgan fingerprint density at radius 3 is 0.925 bits per heavy atom. The molecule has 16 rings (SSSR count). The van der Waals surface area contributed by atoms with E-state index in [0.717, 1.165) is 66.8 Å². The SMILES string of the molecule is COC(=O)C(O[Si](C)(C)C)[C+]1OC(COCc2ccccc2)[C@H](OCc2ccccc2)[C@@H](OCc2ccccc2)C1OCc1ccccc1.COC(=O)C1O[C@@]12OC(COCc1ccccc1)[C@H](OCc1ccccc1)[C@@H](OCc1ccccc1)C2OCc1ccccc1.O=C1OC(COCc2ccccc2)[C@@H](OCc2ccccc2)[C@@H](OCc2ccccc2)C1OCc1ccccc1. The minimum atomic E-state index is -2.32. The van der Waals surface area contributed by atoms with E-state index in [1.807, 2.05) is 384 Å². The van der Waals surface area contributed by atoms with Crippen molar-refractivity contribution in [2.24, 2.45) is 0 Å². The smallest absolute Gasteiger partial charge is 0.386 e. The van der Waals surface area contributed by atoms with Gasteiger partial charge in [-0.2, -0.15) is 4.74 Å². The zero-order valence-electron chi connectivity index (χ0n) is 76.3. The van der Waals surface area contributed by atoms with Crippen molar-refractivity contribution in [2.75, 3.05) is 34.0 Å². The van der Waals surface area contributed by atoms with E-state index in [1.165, 1.54) is 14.2 Å². The molecule has 698 valence electrons. The number of cyclic esters (lactones) is 1. The van der Waals surface area contributed by atoms with Crippen molar-refractivity contribution in [1.82, 2.24) is 0 Å². The quantitative estimate of drug-likeness (QED) is 0.0114. The molecule has 0 aliphatic carbocycles. The summed E-state index contributed by atoms with van der Waals surface area (Å²) in [4.78, 5) is 39.7. The maximum Gasteiger partial charge on any atom is 0.386 e. The Hall–Kier alpha value is -11.5. The fourth-order valence-corrected chi connectivity index (χ4v) is 16.8. The Kier molecular flexibility index (Phi) is 38.1. The number of carbonyl (C=O) groups excluding carboxylic acids is 3. The van der Waals surface area contributed by atoms with Crippen molar-refractivity contribution in [3.05, 3.63) is 437 Å². The van der Waals surface area contributed by atoms with Crippen LogP contribution in [0.15, 0.2) is 364 Å². The number of benzene rings is 12. The van der Waals surface area contributed by atoms with E-state index in [9.17, 15) is 14.4 Å². The van der Waals surface area contributed by atoms with Crippen LogP contribution >= 0.6 is 0 Å². The van der Waals surface area contributed by atoms with Gasteiger partial charge >= 0.3 is 30.1 Å². The molecule has 4 heterocycles. The van der Waals surface area contributed by atoms with Gasteiger partial charge in [0.15, 0.2) is 32.7 Å². The normalized spacial score (nSPS) is 22.1. The van der Waals surface area contributed by atoms with Crippen LogP contribution in [0.1, 0.15) is 66.8 Å². The number of methoxy groups -OCH3 is 2. The van der Waals surface area contributed by atoms with Crippen molar-refractivity contribution in [3.8, 4) is 0 Å². The molecular weight excluding hydrogens is 1710 g/mol. The molecule has 8 unspecified atom stereocenters. The first-order chi connectivity index (χ1) is 65.7. The maximum absolute atomic E-state index is 13.5. The first-order valence-electron chi connectivity index (χ1n) is 45.4. The molecule has 1 spiro atoms. The Morgan fingerprint density at radius 1 is 0.313 bits per heavy atom. The van der Waals surface area contributed by atoms with E-state index in [0.29, 0.717) is 52.9 Å². The standard InChI is InChI=1S/C40H47O8Si.C37H38O8.C34H34O6/c1-42-40(41)39(48-49(2,3)4)38-37(46-28-33-23-15-8-16-24-33)36(45-27-32-21-13-7-14-22-32)35(44-26-31-19-11-6-12-20-31)34(47-38)29-43-25-30-17-9-5-10-18-30;1-39-36(38)35-37(45-35)34(43-25-30-20-12-5-13-21-30)33(42-24-29-18-10-4-11-19-29)32(41-23-28-16-8-3-9-17-28)31(44-37)26-40-22-27-14-6-2-7-15-27;35-34-33(39-24-29-19-11-4-12-20-29)32(38-23-28-17-9-3-10-18-28)31(37-22-27-15-7-2-8-16-27)30(40-34)25-36-21-26-13-5-1-6-14-26/h5-24,34-37,39H,25-29H2,1-4H3;2-21,31-35H,22-26H2,1H3;1-20,30-33H,21-25H2/q+1;;/t34?,35-,36+,37?,39?;31?,32-,33+,34?,35?,37+;30?,31-,32-,33?/m001/s1. The topological polar surface area (TPSA) is 230 Å². The molecule has 4 saturated heterocycles. The molecule has 134 heavy (non-hydrogen) atoms. The van der Waals surface area contributed by atoms with Crippen molar-refractivity contribution in [2.45, 2.75) is 190 Å². The van der Waals surface area contributed by atoms with Crippen molar-refractivity contribution >= 4 is 26.2 Å². The summed E-state index contributed by atoms with van der Waals surface area (Å²) in [7, 11) is 0.357. The molecule has 0 bridgehead atoms. The number of carbonyl (C=O) groups is 3. The molecule has 0 radical (unpaired) electrons. The van der Waals surface area contributed by atoms with Crippen LogP contribution in [0.2, 0.25) is 19.6 Å². The summed E-state index contributed by atoms with van der Waals surface area (Å²) in [6.45, 7) is 10.2. The predicted octanol–water partition coefficient (Wildman–Crippen LogP) is 18.8. The van der Waals surface area contributed by atoms with Gasteiger partial charge in [0.1, 0.15) is 42.7 Å². The molecule has 4 aliphatic heterocycles. The van der Waals surface area contributed by atoms with Crippen molar-refractivity contribution < 1.29 is 104 Å². The number of esters is 3. The van der Waals surface area contributed by atoms with Gasteiger partial charge in [0.2, 0.25) is 11.9 Å². The molecule has 0 saturated carbocycles. The number of epoxide rings is 1. The summed E-state index contributed by atoms with van der Waals surface area (Å²) >= 11 is 0. The maximum atomic E-state index is 13.5.